The van der Waals surface area contributed by atoms with E-state index >= 15 is 0 Å². The van der Waals surface area contributed by atoms with Gasteiger partial charge in [0, 0.05) is 69.2 Å². The number of carbonyl (C=O) groups is 3. The van der Waals surface area contributed by atoms with Crippen LogP contribution >= 0.6 is 0 Å². The number of fused-ring (bicyclic) bond motifs is 1. The Morgan fingerprint density at radius 3 is 2.21 bits per heavy atom. The molecule has 4 heterocycles. The number of amides is 3. The molecule has 3 amide bonds. The number of nitrogens with zero attached hydrogens (tertiary/aromatic N) is 4. The monoisotopic (exact) mass is 657 g/mol. The van der Waals surface area contributed by atoms with Gasteiger partial charge in [0.05, 0.1) is 32.4 Å². The number of piperidine rings is 2. The van der Waals surface area contributed by atoms with E-state index in [9.17, 15) is 14.4 Å². The van der Waals surface area contributed by atoms with E-state index in [4.69, 9.17) is 9.47 Å². The van der Waals surface area contributed by atoms with Gasteiger partial charge in [0.15, 0.2) is 11.5 Å². The van der Waals surface area contributed by atoms with Gasteiger partial charge in [-0.2, -0.15) is 0 Å². The second-order valence-electron chi connectivity index (χ2n) is 14.0. The Kier molecular flexibility index (Phi) is 10.3. The number of benzene rings is 2. The van der Waals surface area contributed by atoms with Crippen LogP contribution in [0.25, 0.3) is 22.2 Å². The van der Waals surface area contributed by atoms with Gasteiger partial charge in [0.25, 0.3) is 0 Å². The van der Waals surface area contributed by atoms with Crippen molar-refractivity contribution in [3.8, 4) is 22.8 Å². The Bertz CT molecular complexity index is 1630. The topological polar surface area (TPSA) is 98.4 Å². The number of rotatable bonds is 8. The van der Waals surface area contributed by atoms with Crippen molar-refractivity contribution in [1.29, 1.82) is 0 Å². The molecule has 0 saturated carbocycles. The minimum atomic E-state index is -0.0764. The molecule has 2 aromatic carbocycles. The summed E-state index contributed by atoms with van der Waals surface area (Å²) in [5, 5.41) is 1.25. The summed E-state index contributed by atoms with van der Waals surface area (Å²) in [6.07, 6.45) is 3.66. The molecule has 3 aliphatic heterocycles. The van der Waals surface area contributed by atoms with Crippen LogP contribution in [-0.4, -0.2) is 115 Å². The van der Waals surface area contributed by atoms with Crippen LogP contribution < -0.4 is 9.47 Å². The maximum atomic E-state index is 13.4. The molecule has 1 atom stereocenters. The first kappa shape index (κ1) is 33.8. The van der Waals surface area contributed by atoms with Crippen LogP contribution in [0.2, 0.25) is 0 Å². The Morgan fingerprint density at radius 1 is 0.833 bits per heavy atom. The highest BCUT2D eigenvalue weighted by molar-refractivity contribution is 5.92. The standard InChI is InChI=1S/C38H51N5O5/c1-25(2)36-31-21-28(8-10-32(31)39-37(36)29-9-11-33(47-4)34(22-29)48-5)27-12-15-42(16-13-27)35(45)24-40-14-6-7-30(23-40)38(46)43-19-17-41(18-20-43)26(3)44/h8-11,21-22,25,27,30,39H,6-7,12-20,23-24H2,1-5H3. The lowest BCUT2D eigenvalue weighted by Crippen LogP contribution is -2.54. The zero-order chi connectivity index (χ0) is 33.9. The third kappa shape index (κ3) is 7.04. The van der Waals surface area contributed by atoms with Gasteiger partial charge in [-0.3, -0.25) is 19.3 Å². The van der Waals surface area contributed by atoms with E-state index in [0.717, 1.165) is 62.1 Å². The first-order chi connectivity index (χ1) is 23.2. The minimum Gasteiger partial charge on any atom is -0.493 e. The van der Waals surface area contributed by atoms with Crippen molar-refractivity contribution in [2.75, 3.05) is 73.1 Å². The minimum absolute atomic E-state index is 0.0662. The largest absolute Gasteiger partial charge is 0.493 e. The number of aromatic nitrogens is 1. The lowest BCUT2D eigenvalue weighted by atomic mass is 9.87. The van der Waals surface area contributed by atoms with Gasteiger partial charge < -0.3 is 29.2 Å². The van der Waals surface area contributed by atoms with Crippen LogP contribution in [0.5, 0.6) is 11.5 Å². The Balaban J connectivity index is 1.07. The summed E-state index contributed by atoms with van der Waals surface area (Å²) in [4.78, 5) is 50.0. The summed E-state index contributed by atoms with van der Waals surface area (Å²) in [6, 6.07) is 12.9. The Labute approximate surface area is 284 Å². The SMILES string of the molecule is COc1ccc(-c2[nH]c3ccc(C4CCN(C(=O)CN5CCCC(C(=O)N6CCN(C(C)=O)CC6)C5)CC4)cc3c2C(C)C)cc1OC. The van der Waals surface area contributed by atoms with Crippen LogP contribution in [0, 0.1) is 5.92 Å². The molecule has 6 rings (SSSR count). The molecule has 10 heteroatoms. The van der Waals surface area contributed by atoms with Crippen molar-refractivity contribution < 1.29 is 23.9 Å². The quantitative estimate of drug-likeness (QED) is 0.363. The smallest absolute Gasteiger partial charge is 0.236 e. The Hall–Kier alpha value is -4.05. The molecule has 0 aliphatic carbocycles. The molecule has 10 nitrogen and oxygen atoms in total. The number of methoxy groups -OCH3 is 2. The maximum absolute atomic E-state index is 13.4. The van der Waals surface area contributed by atoms with Gasteiger partial charge in [-0.25, -0.2) is 0 Å². The molecule has 0 spiro atoms. The van der Waals surface area contributed by atoms with Crippen LogP contribution in [0.1, 0.15) is 69.4 Å². The molecule has 0 bridgehead atoms. The average Bonchev–Trinajstić information content (AvgIpc) is 3.50. The maximum Gasteiger partial charge on any atom is 0.236 e. The third-order valence-corrected chi connectivity index (χ3v) is 10.7. The highest BCUT2D eigenvalue weighted by Gasteiger charge is 2.33. The van der Waals surface area contributed by atoms with Crippen molar-refractivity contribution >= 4 is 28.6 Å². The predicted octanol–water partition coefficient (Wildman–Crippen LogP) is 5.08. The fraction of sp³-hybridized carbons (Fsp3) is 0.553. The molecule has 3 aromatic rings. The highest BCUT2D eigenvalue weighted by atomic mass is 16.5. The lowest BCUT2D eigenvalue weighted by molar-refractivity contribution is -0.143. The first-order valence-electron chi connectivity index (χ1n) is 17.6. The van der Waals surface area contributed by atoms with E-state index in [0.29, 0.717) is 62.6 Å². The van der Waals surface area contributed by atoms with E-state index in [1.807, 2.05) is 21.9 Å². The van der Waals surface area contributed by atoms with Crippen molar-refractivity contribution in [3.05, 3.63) is 47.5 Å². The number of H-pyrrole nitrogens is 1. The van der Waals surface area contributed by atoms with Crippen LogP contribution in [0.4, 0.5) is 0 Å². The molecule has 3 aliphatic rings. The average molecular weight is 658 g/mol. The molecule has 3 fully saturated rings. The molecule has 3 saturated heterocycles. The summed E-state index contributed by atoms with van der Waals surface area (Å²) in [5.41, 5.74) is 5.92. The number of hydrogen-bond acceptors (Lipinski definition) is 6. The Morgan fingerprint density at radius 2 is 1.54 bits per heavy atom. The summed E-state index contributed by atoms with van der Waals surface area (Å²) in [5.74, 6) is 2.47. The van der Waals surface area contributed by atoms with Crippen molar-refractivity contribution in [3.63, 3.8) is 0 Å². The van der Waals surface area contributed by atoms with Crippen LogP contribution in [-0.2, 0) is 14.4 Å². The van der Waals surface area contributed by atoms with Gasteiger partial charge in [-0.05, 0) is 85.5 Å². The van der Waals surface area contributed by atoms with Crippen LogP contribution in [0.15, 0.2) is 36.4 Å². The number of ether oxygens (including phenoxy) is 2. The normalized spacial score (nSPS) is 19.6. The molecule has 258 valence electrons. The summed E-state index contributed by atoms with van der Waals surface area (Å²) >= 11 is 0. The first-order valence-corrected chi connectivity index (χ1v) is 17.6. The molecule has 48 heavy (non-hydrogen) atoms. The van der Waals surface area contributed by atoms with Crippen LogP contribution in [0.3, 0.4) is 0 Å². The number of carbonyl (C=O) groups excluding carboxylic acids is 3. The number of piperazine rings is 1. The fourth-order valence-electron chi connectivity index (χ4n) is 7.96. The molecule has 0 radical (unpaired) electrons. The van der Waals surface area contributed by atoms with E-state index in [-0.39, 0.29) is 23.6 Å². The van der Waals surface area contributed by atoms with E-state index in [1.54, 1.807) is 26.0 Å². The van der Waals surface area contributed by atoms with E-state index < -0.39 is 0 Å². The van der Waals surface area contributed by atoms with Gasteiger partial charge in [0.1, 0.15) is 0 Å². The number of aromatic amines is 1. The lowest BCUT2D eigenvalue weighted by Gasteiger charge is -2.39. The van der Waals surface area contributed by atoms with Gasteiger partial charge >= 0.3 is 0 Å². The van der Waals surface area contributed by atoms with Crippen molar-refractivity contribution in [2.24, 2.45) is 5.92 Å². The van der Waals surface area contributed by atoms with Gasteiger partial charge in [-0.1, -0.05) is 19.9 Å². The second-order valence-corrected chi connectivity index (χ2v) is 14.0. The molecular weight excluding hydrogens is 606 g/mol. The molecule has 1 unspecified atom stereocenters. The number of likely N-dealkylation sites (tertiary alicyclic amines) is 2. The molecule has 1 N–H and O–H groups in total. The summed E-state index contributed by atoms with van der Waals surface area (Å²) in [6.45, 7) is 11.8. The van der Waals surface area contributed by atoms with Gasteiger partial charge in [-0.15, -0.1) is 0 Å². The van der Waals surface area contributed by atoms with Crippen molar-refractivity contribution in [2.45, 2.75) is 58.3 Å². The van der Waals surface area contributed by atoms with E-state index in [2.05, 4.69) is 48.0 Å². The van der Waals surface area contributed by atoms with E-state index in [1.165, 1.54) is 16.5 Å². The number of nitrogens with one attached hydrogen (secondary N) is 1. The zero-order valence-electron chi connectivity index (χ0n) is 29.2. The molecule has 1 aromatic heterocycles. The highest BCUT2D eigenvalue weighted by Crippen LogP contribution is 2.40. The fourth-order valence-corrected chi connectivity index (χ4v) is 7.96. The summed E-state index contributed by atoms with van der Waals surface area (Å²) in [7, 11) is 3.31. The third-order valence-electron chi connectivity index (χ3n) is 10.7. The van der Waals surface area contributed by atoms with Gasteiger partial charge in [0.2, 0.25) is 17.7 Å². The number of hydrogen-bond donors (Lipinski definition) is 1. The second kappa shape index (κ2) is 14.6. The summed E-state index contributed by atoms with van der Waals surface area (Å²) < 4.78 is 11.1. The molecular formula is C38H51N5O5. The predicted molar refractivity (Wildman–Crippen MR) is 187 cm³/mol. The zero-order valence-corrected chi connectivity index (χ0v) is 29.2. The van der Waals surface area contributed by atoms with Crippen molar-refractivity contribution in [1.82, 2.24) is 24.6 Å².